The summed E-state index contributed by atoms with van der Waals surface area (Å²) in [7, 11) is 0. The minimum atomic E-state index is 0.133. The summed E-state index contributed by atoms with van der Waals surface area (Å²) >= 11 is 0. The third-order valence-corrected chi connectivity index (χ3v) is 8.05. The van der Waals surface area contributed by atoms with E-state index >= 15 is 0 Å². The van der Waals surface area contributed by atoms with E-state index in [4.69, 9.17) is 15.0 Å². The second-order valence-corrected chi connectivity index (χ2v) is 10.3. The Kier molecular flexibility index (Phi) is 6.10. The first kappa shape index (κ1) is 23.0. The van der Waals surface area contributed by atoms with Gasteiger partial charge in [-0.1, -0.05) is 25.1 Å². The fourth-order valence-corrected chi connectivity index (χ4v) is 5.75. The molecule has 1 aromatic heterocycles. The fourth-order valence-electron chi connectivity index (χ4n) is 5.75. The number of nitrogens with zero attached hydrogens (tertiary/aromatic N) is 3. The average molecular weight is 481 g/mol. The van der Waals surface area contributed by atoms with Crippen LogP contribution in [0.15, 0.2) is 36.4 Å². The molecule has 6 rings (SSSR count). The summed E-state index contributed by atoms with van der Waals surface area (Å²) in [6, 6.07) is 14.5. The van der Waals surface area contributed by atoms with Crippen LogP contribution in [-0.2, 0) is 24.2 Å². The number of amides is 1. The Balaban J connectivity index is 1.26. The van der Waals surface area contributed by atoms with Crippen LogP contribution in [0.1, 0.15) is 88.4 Å². The Morgan fingerprint density at radius 2 is 1.92 bits per heavy atom. The number of benzene rings is 2. The van der Waals surface area contributed by atoms with Crippen LogP contribution in [-0.4, -0.2) is 40.5 Å². The number of likely N-dealkylation sites (tertiary alicyclic amines) is 1. The Labute approximate surface area is 212 Å². The molecule has 0 bridgehead atoms. The van der Waals surface area contributed by atoms with E-state index in [0.29, 0.717) is 30.6 Å². The minimum Gasteiger partial charge on any atom is -0.375 e. The summed E-state index contributed by atoms with van der Waals surface area (Å²) in [4.78, 5) is 24.3. The van der Waals surface area contributed by atoms with Crippen LogP contribution in [0.4, 0.5) is 0 Å². The molecule has 1 aliphatic carbocycles. The number of imidazole rings is 1. The topological polar surface area (TPSA) is 82.0 Å². The number of rotatable bonds is 5. The van der Waals surface area contributed by atoms with Gasteiger partial charge < -0.3 is 14.6 Å². The number of H-pyrrole nitrogens is 1. The smallest absolute Gasteiger partial charge is 0.254 e. The minimum absolute atomic E-state index is 0.133. The van der Waals surface area contributed by atoms with Gasteiger partial charge in [-0.05, 0) is 78.8 Å². The van der Waals surface area contributed by atoms with E-state index in [1.165, 1.54) is 24.0 Å². The molecule has 0 radical (unpaired) electrons. The lowest BCUT2D eigenvalue weighted by atomic mass is 9.88. The number of nitriles is 1. The van der Waals surface area contributed by atoms with Crippen molar-refractivity contribution in [2.75, 3.05) is 19.7 Å². The number of hydrogen-bond donors (Lipinski definition) is 1. The number of carbonyl (C=O) groups is 1. The molecule has 2 aromatic carbocycles. The average Bonchev–Trinajstić information content (AvgIpc) is 3.70. The number of piperidine rings is 1. The SMILES string of the molecule is CCc1cc(C2CC2)c(-c2nc3c([nH]2)COCC3)cc1C(=O)N1CCC(c2ccc(C#N)cc2)CC1. The van der Waals surface area contributed by atoms with E-state index in [1.807, 2.05) is 17.0 Å². The zero-order chi connectivity index (χ0) is 24.6. The second kappa shape index (κ2) is 9.55. The second-order valence-electron chi connectivity index (χ2n) is 10.3. The van der Waals surface area contributed by atoms with E-state index in [9.17, 15) is 4.79 Å². The highest BCUT2D eigenvalue weighted by atomic mass is 16.5. The third kappa shape index (κ3) is 4.33. The molecule has 0 unspecified atom stereocenters. The van der Waals surface area contributed by atoms with Crippen molar-refractivity contribution >= 4 is 5.91 Å². The Morgan fingerprint density at radius 1 is 1.14 bits per heavy atom. The molecule has 6 heteroatoms. The summed E-state index contributed by atoms with van der Waals surface area (Å²) < 4.78 is 5.62. The van der Waals surface area contributed by atoms with Crippen LogP contribution in [0.5, 0.6) is 0 Å². The van der Waals surface area contributed by atoms with Crippen molar-refractivity contribution < 1.29 is 9.53 Å². The molecule has 1 saturated heterocycles. The largest absolute Gasteiger partial charge is 0.375 e. The van der Waals surface area contributed by atoms with Crippen molar-refractivity contribution in [2.24, 2.45) is 0 Å². The molecular formula is C30H32N4O2. The molecule has 0 spiro atoms. The molecule has 6 nitrogen and oxygen atoms in total. The van der Waals surface area contributed by atoms with Gasteiger partial charge >= 0.3 is 0 Å². The number of nitrogens with one attached hydrogen (secondary N) is 1. The molecule has 2 fully saturated rings. The maximum Gasteiger partial charge on any atom is 0.254 e. The van der Waals surface area contributed by atoms with Crippen molar-refractivity contribution in [3.05, 3.63) is 75.6 Å². The number of aryl methyl sites for hydroxylation is 1. The fraction of sp³-hybridized carbons (Fsp3) is 0.433. The molecule has 184 valence electrons. The third-order valence-electron chi connectivity index (χ3n) is 8.05. The van der Waals surface area contributed by atoms with Gasteiger partial charge in [0.15, 0.2) is 0 Å². The number of aromatic amines is 1. The van der Waals surface area contributed by atoms with Gasteiger partial charge in [-0.15, -0.1) is 0 Å². The molecule has 3 heterocycles. The van der Waals surface area contributed by atoms with Crippen LogP contribution in [0.2, 0.25) is 0 Å². The van der Waals surface area contributed by atoms with Gasteiger partial charge in [0.05, 0.1) is 36.2 Å². The lowest BCUT2D eigenvalue weighted by molar-refractivity contribution is 0.0712. The van der Waals surface area contributed by atoms with Gasteiger partial charge in [0.2, 0.25) is 0 Å². The molecule has 0 atom stereocenters. The highest BCUT2D eigenvalue weighted by molar-refractivity contribution is 5.97. The predicted octanol–water partition coefficient (Wildman–Crippen LogP) is 5.48. The Bertz CT molecular complexity index is 1300. The number of ether oxygens (including phenoxy) is 1. The maximum absolute atomic E-state index is 13.8. The maximum atomic E-state index is 13.8. The number of hydrogen-bond acceptors (Lipinski definition) is 4. The van der Waals surface area contributed by atoms with Gasteiger partial charge in [-0.2, -0.15) is 5.26 Å². The Hall–Kier alpha value is -3.43. The Morgan fingerprint density at radius 3 is 2.58 bits per heavy atom. The van der Waals surface area contributed by atoms with Gasteiger partial charge in [-0.3, -0.25) is 4.79 Å². The molecule has 3 aromatic rings. The highest BCUT2D eigenvalue weighted by Gasteiger charge is 2.31. The highest BCUT2D eigenvalue weighted by Crippen LogP contribution is 2.45. The molecule has 36 heavy (non-hydrogen) atoms. The van der Waals surface area contributed by atoms with E-state index < -0.39 is 0 Å². The number of aromatic nitrogens is 2. The van der Waals surface area contributed by atoms with E-state index in [0.717, 1.165) is 72.7 Å². The van der Waals surface area contributed by atoms with Crippen LogP contribution in [0.25, 0.3) is 11.4 Å². The normalized spacial score (nSPS) is 18.1. The van der Waals surface area contributed by atoms with E-state index in [1.54, 1.807) is 0 Å². The number of carbonyl (C=O) groups excluding carboxylic acids is 1. The van der Waals surface area contributed by atoms with Crippen molar-refractivity contribution in [3.8, 4) is 17.5 Å². The zero-order valence-corrected chi connectivity index (χ0v) is 20.8. The molecule has 1 N–H and O–H groups in total. The summed E-state index contributed by atoms with van der Waals surface area (Å²) in [5.41, 5.74) is 8.48. The van der Waals surface area contributed by atoms with Crippen molar-refractivity contribution in [1.82, 2.24) is 14.9 Å². The quantitative estimate of drug-likeness (QED) is 0.524. The van der Waals surface area contributed by atoms with Gasteiger partial charge in [0.25, 0.3) is 5.91 Å². The lowest BCUT2D eigenvalue weighted by Gasteiger charge is -2.33. The summed E-state index contributed by atoms with van der Waals surface area (Å²) in [6.07, 6.45) is 5.96. The predicted molar refractivity (Wildman–Crippen MR) is 138 cm³/mol. The summed E-state index contributed by atoms with van der Waals surface area (Å²) in [5.74, 6) is 2.00. The van der Waals surface area contributed by atoms with E-state index in [-0.39, 0.29) is 5.91 Å². The number of fused-ring (bicyclic) bond motifs is 1. The van der Waals surface area contributed by atoms with E-state index in [2.05, 4.69) is 42.2 Å². The van der Waals surface area contributed by atoms with Crippen LogP contribution >= 0.6 is 0 Å². The molecular weight excluding hydrogens is 448 g/mol. The van der Waals surface area contributed by atoms with Crippen LogP contribution in [0, 0.1) is 11.3 Å². The summed E-state index contributed by atoms with van der Waals surface area (Å²) in [6.45, 7) is 4.93. The first-order valence-corrected chi connectivity index (χ1v) is 13.3. The molecule has 1 amide bonds. The zero-order valence-electron chi connectivity index (χ0n) is 20.8. The molecule has 2 aliphatic heterocycles. The first-order valence-electron chi connectivity index (χ1n) is 13.3. The first-order chi connectivity index (χ1) is 17.6. The van der Waals surface area contributed by atoms with Crippen LogP contribution in [0.3, 0.4) is 0 Å². The standard InChI is InChI=1S/C30H32N4O2/c1-2-20-15-24(23-7-8-23)26(29-32-27-11-14-36-18-28(27)33-29)16-25(20)30(35)34-12-9-22(10-13-34)21-5-3-19(17-31)4-6-21/h3-6,15-16,22-23H,2,7-14,18H2,1H3,(H,32,33). The van der Waals surface area contributed by atoms with Gasteiger partial charge in [0, 0.05) is 30.6 Å². The molecule has 3 aliphatic rings. The van der Waals surface area contributed by atoms with Gasteiger partial charge in [0.1, 0.15) is 5.82 Å². The van der Waals surface area contributed by atoms with Crippen molar-refractivity contribution in [3.63, 3.8) is 0 Å². The van der Waals surface area contributed by atoms with Crippen molar-refractivity contribution in [2.45, 2.75) is 63.9 Å². The summed E-state index contributed by atoms with van der Waals surface area (Å²) in [5, 5.41) is 9.07. The van der Waals surface area contributed by atoms with Gasteiger partial charge in [-0.25, -0.2) is 4.98 Å². The molecule has 1 saturated carbocycles. The lowest BCUT2D eigenvalue weighted by Crippen LogP contribution is -2.38. The van der Waals surface area contributed by atoms with Crippen LogP contribution < -0.4 is 0 Å². The monoisotopic (exact) mass is 480 g/mol. The van der Waals surface area contributed by atoms with Crippen molar-refractivity contribution in [1.29, 1.82) is 5.26 Å².